The maximum atomic E-state index is 13.5. The molecule has 2 aromatic rings. The van der Waals surface area contributed by atoms with Gasteiger partial charge in [0.2, 0.25) is 5.89 Å². The van der Waals surface area contributed by atoms with Crippen molar-refractivity contribution in [3.05, 3.63) is 34.3 Å². The number of aromatic nitrogens is 2. The second kappa shape index (κ2) is 9.00. The van der Waals surface area contributed by atoms with E-state index in [4.69, 9.17) is 4.42 Å². The average molecular weight is 421 g/mol. The van der Waals surface area contributed by atoms with Crippen LogP contribution >= 0.6 is 12.4 Å². The first kappa shape index (κ1) is 22.3. The summed E-state index contributed by atoms with van der Waals surface area (Å²) in [6.45, 7) is 0.535. The highest BCUT2D eigenvalue weighted by molar-refractivity contribution is 5.85. The lowest BCUT2D eigenvalue weighted by Gasteiger charge is -2.33. The van der Waals surface area contributed by atoms with Crippen LogP contribution in [0.4, 0.5) is 18.9 Å². The number of benzene rings is 1. The van der Waals surface area contributed by atoms with Gasteiger partial charge in [0, 0.05) is 30.9 Å². The molecule has 6 nitrogen and oxygen atoms in total. The second-order valence-electron chi connectivity index (χ2n) is 7.03. The summed E-state index contributed by atoms with van der Waals surface area (Å²) in [4.78, 5) is 12.8. The van der Waals surface area contributed by atoms with E-state index < -0.39 is 17.5 Å². The van der Waals surface area contributed by atoms with Crippen molar-refractivity contribution < 1.29 is 17.6 Å². The van der Waals surface area contributed by atoms with Crippen molar-refractivity contribution in [3.8, 4) is 11.5 Å². The third-order valence-electron chi connectivity index (χ3n) is 5.19. The molecular weight excluding hydrogens is 397 g/mol. The smallest absolute Gasteiger partial charge is 0.388 e. The van der Waals surface area contributed by atoms with Gasteiger partial charge in [0.25, 0.3) is 0 Å². The van der Waals surface area contributed by atoms with Crippen LogP contribution in [0.3, 0.4) is 0 Å². The maximum Gasteiger partial charge on any atom is 0.434 e. The number of hydrogen-bond donors (Lipinski definition) is 2. The Hall–Kier alpha value is -2.00. The number of nitrogens with one attached hydrogen (secondary N) is 2. The predicted octanol–water partition coefficient (Wildman–Crippen LogP) is 3.68. The van der Waals surface area contributed by atoms with Crippen LogP contribution in [0, 0.1) is 5.92 Å². The Balaban J connectivity index is 0.00000280. The zero-order chi connectivity index (χ0) is 19.6. The number of anilines is 1. The molecule has 1 aromatic heterocycles. The summed E-state index contributed by atoms with van der Waals surface area (Å²) in [6.07, 6.45) is -0.464. The molecule has 156 valence electrons. The van der Waals surface area contributed by atoms with Crippen molar-refractivity contribution in [2.24, 2.45) is 5.92 Å². The van der Waals surface area contributed by atoms with E-state index in [1.54, 1.807) is 11.9 Å². The monoisotopic (exact) mass is 420 g/mol. The van der Waals surface area contributed by atoms with E-state index in [2.05, 4.69) is 15.5 Å². The van der Waals surface area contributed by atoms with Crippen LogP contribution in [-0.2, 0) is 6.18 Å². The van der Waals surface area contributed by atoms with Crippen LogP contribution in [-0.4, -0.2) is 36.9 Å². The molecule has 1 aliphatic rings. The molecule has 0 radical (unpaired) electrons. The van der Waals surface area contributed by atoms with E-state index >= 15 is 0 Å². The molecule has 2 N–H and O–H groups in total. The highest BCUT2D eigenvalue weighted by atomic mass is 35.5. The average Bonchev–Trinajstić information content (AvgIpc) is 3.07. The Bertz CT molecular complexity index is 829. The van der Waals surface area contributed by atoms with Crippen molar-refractivity contribution in [3.63, 3.8) is 0 Å². The summed E-state index contributed by atoms with van der Waals surface area (Å²) < 4.78 is 45.4. The number of rotatable bonds is 5. The van der Waals surface area contributed by atoms with E-state index in [0.29, 0.717) is 24.1 Å². The SMILES string of the molecule is CN[C@H]1CC[C@H](CN(C)c2cc(-c3n[nH]c(=O)o3)ccc2C(F)(F)F)CC1.Cl. The van der Waals surface area contributed by atoms with Gasteiger partial charge < -0.3 is 14.6 Å². The minimum absolute atomic E-state index is 0. The zero-order valence-electron chi connectivity index (χ0n) is 15.7. The molecule has 0 bridgehead atoms. The van der Waals surface area contributed by atoms with E-state index in [1.807, 2.05) is 7.05 Å². The van der Waals surface area contributed by atoms with Crippen molar-refractivity contribution in [2.75, 3.05) is 25.5 Å². The number of H-pyrrole nitrogens is 1. The largest absolute Gasteiger partial charge is 0.434 e. The number of halogens is 4. The minimum Gasteiger partial charge on any atom is -0.388 e. The van der Waals surface area contributed by atoms with Crippen LogP contribution < -0.4 is 16.0 Å². The van der Waals surface area contributed by atoms with Crippen LogP contribution in [0.15, 0.2) is 27.4 Å². The van der Waals surface area contributed by atoms with Crippen molar-refractivity contribution in [1.82, 2.24) is 15.5 Å². The molecule has 0 unspecified atom stereocenters. The van der Waals surface area contributed by atoms with Crippen molar-refractivity contribution >= 4 is 18.1 Å². The first-order chi connectivity index (χ1) is 12.8. The number of nitrogens with zero attached hydrogens (tertiary/aromatic N) is 2. The molecule has 1 aromatic carbocycles. The zero-order valence-corrected chi connectivity index (χ0v) is 16.5. The fourth-order valence-electron chi connectivity index (χ4n) is 3.69. The fourth-order valence-corrected chi connectivity index (χ4v) is 3.69. The van der Waals surface area contributed by atoms with E-state index in [0.717, 1.165) is 31.7 Å². The van der Waals surface area contributed by atoms with Gasteiger partial charge in [-0.05, 0) is 56.8 Å². The maximum absolute atomic E-state index is 13.5. The van der Waals surface area contributed by atoms with Crippen molar-refractivity contribution in [2.45, 2.75) is 37.9 Å². The van der Waals surface area contributed by atoms with Gasteiger partial charge in [-0.25, -0.2) is 9.89 Å². The predicted molar refractivity (Wildman–Crippen MR) is 103 cm³/mol. The summed E-state index contributed by atoms with van der Waals surface area (Å²) in [7, 11) is 3.60. The summed E-state index contributed by atoms with van der Waals surface area (Å²) >= 11 is 0. The van der Waals surface area contributed by atoms with Gasteiger partial charge in [0.15, 0.2) is 0 Å². The Kier molecular flexibility index (Phi) is 7.16. The molecule has 1 aliphatic carbocycles. The van der Waals surface area contributed by atoms with Crippen LogP contribution in [0.5, 0.6) is 0 Å². The summed E-state index contributed by atoms with van der Waals surface area (Å²) in [6, 6.07) is 4.13. The van der Waals surface area contributed by atoms with Crippen molar-refractivity contribution in [1.29, 1.82) is 0 Å². The first-order valence-electron chi connectivity index (χ1n) is 8.93. The molecule has 1 fully saturated rings. The van der Waals surface area contributed by atoms with Gasteiger partial charge in [-0.15, -0.1) is 17.5 Å². The van der Waals surface area contributed by atoms with Crippen LogP contribution in [0.1, 0.15) is 31.2 Å². The molecule has 0 aliphatic heterocycles. The summed E-state index contributed by atoms with van der Waals surface area (Å²) in [5.41, 5.74) is -0.334. The van der Waals surface area contributed by atoms with E-state index in [1.165, 1.54) is 12.1 Å². The fraction of sp³-hybridized carbons (Fsp3) is 0.556. The Morgan fingerprint density at radius 3 is 2.50 bits per heavy atom. The molecule has 28 heavy (non-hydrogen) atoms. The highest BCUT2D eigenvalue weighted by Gasteiger charge is 2.35. The molecule has 10 heteroatoms. The van der Waals surface area contributed by atoms with Gasteiger partial charge in [0.1, 0.15) is 0 Å². The quantitative estimate of drug-likeness (QED) is 0.771. The molecule has 3 rings (SSSR count). The lowest BCUT2D eigenvalue weighted by atomic mass is 9.85. The lowest BCUT2D eigenvalue weighted by molar-refractivity contribution is -0.137. The van der Waals surface area contributed by atoms with Gasteiger partial charge in [-0.3, -0.25) is 0 Å². The molecule has 1 heterocycles. The van der Waals surface area contributed by atoms with Crippen LogP contribution in [0.2, 0.25) is 0 Å². The number of hydrogen-bond acceptors (Lipinski definition) is 5. The van der Waals surface area contributed by atoms with E-state index in [-0.39, 0.29) is 24.0 Å². The molecule has 1 saturated carbocycles. The minimum atomic E-state index is -4.47. The van der Waals surface area contributed by atoms with Gasteiger partial charge >= 0.3 is 11.9 Å². The highest BCUT2D eigenvalue weighted by Crippen LogP contribution is 2.39. The molecular formula is C18H24ClF3N4O2. The molecule has 0 amide bonds. The van der Waals surface area contributed by atoms with E-state index in [9.17, 15) is 18.0 Å². The van der Waals surface area contributed by atoms with Gasteiger partial charge in [-0.1, -0.05) is 0 Å². The number of aromatic amines is 1. The molecule has 0 atom stereocenters. The summed E-state index contributed by atoms with van der Waals surface area (Å²) in [5, 5.41) is 9.08. The second-order valence-corrected chi connectivity index (χ2v) is 7.03. The number of alkyl halides is 3. The third-order valence-corrected chi connectivity index (χ3v) is 5.19. The standard InChI is InChI=1S/C18H23F3N4O2.ClH/c1-22-13-6-3-11(4-7-13)10-25(2)15-9-12(16-23-24-17(26)27-16)5-8-14(15)18(19,20)21;/h5,8-9,11,13,22H,3-4,6-7,10H2,1-2H3,(H,24,26);1H/t11-,13-;. The lowest BCUT2D eigenvalue weighted by Crippen LogP contribution is -2.35. The topological polar surface area (TPSA) is 74.2 Å². The Morgan fingerprint density at radius 1 is 1.29 bits per heavy atom. The normalized spacial score (nSPS) is 19.9. The Morgan fingerprint density at radius 2 is 1.96 bits per heavy atom. The summed E-state index contributed by atoms with van der Waals surface area (Å²) in [5.74, 6) is -0.438. The molecule has 0 saturated heterocycles. The first-order valence-corrected chi connectivity index (χ1v) is 8.93. The van der Waals surface area contributed by atoms with Gasteiger partial charge in [0.05, 0.1) is 5.56 Å². The van der Waals surface area contributed by atoms with Crippen LogP contribution in [0.25, 0.3) is 11.5 Å². The third kappa shape index (κ3) is 5.08. The van der Waals surface area contributed by atoms with Gasteiger partial charge in [-0.2, -0.15) is 13.2 Å². The Labute approximate surface area is 166 Å². The molecule has 0 spiro atoms.